The smallest absolute Gasteiger partial charge is 0.291 e. The molecule has 5 nitrogen and oxygen atoms in total. The lowest BCUT2D eigenvalue weighted by atomic mass is 10.0. The van der Waals surface area contributed by atoms with Crippen molar-refractivity contribution < 1.29 is 14.0 Å². The quantitative estimate of drug-likeness (QED) is 0.401. The van der Waals surface area contributed by atoms with Crippen LogP contribution < -0.4 is 10.6 Å². The highest BCUT2D eigenvalue weighted by Gasteiger charge is 2.13. The third-order valence-corrected chi connectivity index (χ3v) is 5.28. The van der Waals surface area contributed by atoms with E-state index in [1.165, 1.54) is 6.26 Å². The van der Waals surface area contributed by atoms with Crippen molar-refractivity contribution in [2.75, 3.05) is 10.6 Å². The molecule has 29 heavy (non-hydrogen) atoms. The molecule has 0 aliphatic carbocycles. The van der Waals surface area contributed by atoms with Crippen LogP contribution in [0.1, 0.15) is 26.5 Å². The zero-order chi connectivity index (χ0) is 20.4. The molecule has 144 valence electrons. The number of nitrogens with one attached hydrogen (secondary N) is 2. The summed E-state index contributed by atoms with van der Waals surface area (Å²) >= 11 is 3.53. The maximum absolute atomic E-state index is 12.9. The highest BCUT2D eigenvalue weighted by atomic mass is 79.9. The molecule has 1 heterocycles. The van der Waals surface area contributed by atoms with E-state index in [0.717, 1.165) is 20.8 Å². The van der Waals surface area contributed by atoms with E-state index >= 15 is 0 Å². The molecule has 0 unspecified atom stereocenters. The van der Waals surface area contributed by atoms with Crippen LogP contribution in [0.2, 0.25) is 0 Å². The first-order valence-electron chi connectivity index (χ1n) is 8.97. The van der Waals surface area contributed by atoms with E-state index in [0.29, 0.717) is 16.9 Å². The molecule has 2 N–H and O–H groups in total. The van der Waals surface area contributed by atoms with E-state index in [4.69, 9.17) is 4.42 Å². The van der Waals surface area contributed by atoms with Gasteiger partial charge in [-0.15, -0.1) is 0 Å². The average molecular weight is 449 g/mol. The number of carbonyl (C=O) groups is 2. The molecule has 0 fully saturated rings. The molecule has 0 aliphatic rings. The summed E-state index contributed by atoms with van der Waals surface area (Å²) in [4.78, 5) is 25.0. The number of anilines is 2. The summed E-state index contributed by atoms with van der Waals surface area (Å²) < 4.78 is 6.05. The third kappa shape index (κ3) is 3.93. The number of carbonyl (C=O) groups excluding carboxylic acids is 2. The summed E-state index contributed by atoms with van der Waals surface area (Å²) in [5.41, 5.74) is 2.72. The van der Waals surface area contributed by atoms with Crippen molar-refractivity contribution in [3.8, 4) is 0 Å². The largest absolute Gasteiger partial charge is 0.459 e. The lowest BCUT2D eigenvalue weighted by Gasteiger charge is -2.12. The molecule has 2 amide bonds. The van der Waals surface area contributed by atoms with Gasteiger partial charge in [-0.05, 0) is 65.7 Å². The Kier molecular flexibility index (Phi) is 5.18. The van der Waals surface area contributed by atoms with E-state index in [-0.39, 0.29) is 17.6 Å². The van der Waals surface area contributed by atoms with Gasteiger partial charge in [-0.25, -0.2) is 0 Å². The highest BCUT2D eigenvalue weighted by molar-refractivity contribution is 9.10. The third-order valence-electron chi connectivity index (χ3n) is 4.59. The van der Waals surface area contributed by atoms with Crippen LogP contribution in [0.15, 0.2) is 81.9 Å². The number of fused-ring (bicyclic) bond motifs is 1. The zero-order valence-corrected chi connectivity index (χ0v) is 17.1. The molecule has 0 saturated heterocycles. The number of hydrogen-bond acceptors (Lipinski definition) is 3. The summed E-state index contributed by atoms with van der Waals surface area (Å²) in [5, 5.41) is 7.59. The summed E-state index contributed by atoms with van der Waals surface area (Å²) in [6.07, 6.45) is 1.45. The van der Waals surface area contributed by atoms with Gasteiger partial charge in [0.25, 0.3) is 11.8 Å². The Balaban J connectivity index is 1.54. The van der Waals surface area contributed by atoms with E-state index in [9.17, 15) is 9.59 Å². The first-order valence-corrected chi connectivity index (χ1v) is 9.76. The Hall–Kier alpha value is -3.38. The molecule has 1 aromatic heterocycles. The Morgan fingerprint density at radius 2 is 1.66 bits per heavy atom. The molecule has 0 spiro atoms. The number of benzene rings is 3. The molecule has 3 aromatic carbocycles. The number of rotatable bonds is 4. The zero-order valence-electron chi connectivity index (χ0n) is 15.5. The number of aryl methyl sites for hydroxylation is 1. The van der Waals surface area contributed by atoms with Crippen molar-refractivity contribution in [2.24, 2.45) is 0 Å². The van der Waals surface area contributed by atoms with Crippen molar-refractivity contribution in [2.45, 2.75) is 6.92 Å². The molecule has 0 atom stereocenters. The minimum Gasteiger partial charge on any atom is -0.459 e. The van der Waals surface area contributed by atoms with Gasteiger partial charge in [-0.2, -0.15) is 0 Å². The number of amides is 2. The fourth-order valence-corrected chi connectivity index (χ4v) is 3.64. The van der Waals surface area contributed by atoms with E-state index in [1.54, 1.807) is 30.3 Å². The van der Waals surface area contributed by atoms with Crippen LogP contribution in [0.5, 0.6) is 0 Å². The van der Waals surface area contributed by atoms with Gasteiger partial charge < -0.3 is 15.1 Å². The van der Waals surface area contributed by atoms with Crippen LogP contribution in [0.4, 0.5) is 11.4 Å². The Bertz CT molecular complexity index is 1220. The summed E-state index contributed by atoms with van der Waals surface area (Å²) in [7, 11) is 0. The monoisotopic (exact) mass is 448 g/mol. The molecular weight excluding hydrogens is 432 g/mol. The maximum atomic E-state index is 12.9. The second-order valence-corrected chi connectivity index (χ2v) is 7.41. The maximum Gasteiger partial charge on any atom is 0.291 e. The second kappa shape index (κ2) is 7.93. The minimum atomic E-state index is -0.323. The fourth-order valence-electron chi connectivity index (χ4n) is 3.14. The van der Waals surface area contributed by atoms with Crippen LogP contribution in [0.3, 0.4) is 0 Å². The van der Waals surface area contributed by atoms with E-state index < -0.39 is 0 Å². The fraction of sp³-hybridized carbons (Fsp3) is 0.0435. The van der Waals surface area contributed by atoms with Crippen LogP contribution in [0, 0.1) is 6.92 Å². The van der Waals surface area contributed by atoms with Gasteiger partial charge in [0.05, 0.1) is 6.26 Å². The minimum absolute atomic E-state index is 0.194. The molecular formula is C23H17BrN2O3. The van der Waals surface area contributed by atoms with Gasteiger partial charge >= 0.3 is 0 Å². The Morgan fingerprint density at radius 3 is 2.41 bits per heavy atom. The van der Waals surface area contributed by atoms with Crippen molar-refractivity contribution in [1.29, 1.82) is 0 Å². The van der Waals surface area contributed by atoms with Gasteiger partial charge in [-0.3, -0.25) is 9.59 Å². The lowest BCUT2D eigenvalue weighted by molar-refractivity contribution is 0.0994. The predicted molar refractivity (Wildman–Crippen MR) is 117 cm³/mol. The molecule has 0 saturated carbocycles. The van der Waals surface area contributed by atoms with E-state index in [1.807, 2.05) is 43.3 Å². The van der Waals surface area contributed by atoms with Crippen LogP contribution in [-0.4, -0.2) is 11.8 Å². The predicted octanol–water partition coefficient (Wildman–Crippen LogP) is 6.01. The van der Waals surface area contributed by atoms with Crippen molar-refractivity contribution >= 4 is 49.9 Å². The normalized spacial score (nSPS) is 10.7. The van der Waals surface area contributed by atoms with Gasteiger partial charge in [0.1, 0.15) is 0 Å². The van der Waals surface area contributed by atoms with Gasteiger partial charge in [0.15, 0.2) is 5.76 Å². The average Bonchev–Trinajstić information content (AvgIpc) is 3.25. The standard InChI is InChI=1S/C23H17BrN2O3/c1-14-13-15(10-11-20(14)26-23(28)21-9-4-12-29-21)25-22(27)18-7-2-6-17-16(18)5-3-8-19(17)24/h2-13H,1H3,(H,25,27)(H,26,28). The molecule has 0 aliphatic heterocycles. The topological polar surface area (TPSA) is 71.3 Å². The first kappa shape index (κ1) is 19.0. The molecule has 6 heteroatoms. The van der Waals surface area contributed by atoms with Gasteiger partial charge in [0.2, 0.25) is 0 Å². The van der Waals surface area contributed by atoms with E-state index in [2.05, 4.69) is 26.6 Å². The molecule has 4 aromatic rings. The Labute approximate surface area is 175 Å². The van der Waals surface area contributed by atoms with Crippen LogP contribution >= 0.6 is 15.9 Å². The van der Waals surface area contributed by atoms with Crippen LogP contribution in [0.25, 0.3) is 10.8 Å². The molecule has 0 radical (unpaired) electrons. The highest BCUT2D eigenvalue weighted by Crippen LogP contribution is 2.27. The van der Waals surface area contributed by atoms with Gasteiger partial charge in [-0.1, -0.05) is 40.2 Å². The van der Waals surface area contributed by atoms with Crippen LogP contribution in [-0.2, 0) is 0 Å². The van der Waals surface area contributed by atoms with Crippen molar-refractivity contribution in [3.63, 3.8) is 0 Å². The SMILES string of the molecule is Cc1cc(NC(=O)c2cccc3c(Br)cccc23)ccc1NC(=O)c1ccco1. The summed E-state index contributed by atoms with van der Waals surface area (Å²) in [5.74, 6) is -0.277. The lowest BCUT2D eigenvalue weighted by Crippen LogP contribution is -2.14. The number of hydrogen-bond donors (Lipinski definition) is 2. The summed E-state index contributed by atoms with van der Waals surface area (Å²) in [6.45, 7) is 1.86. The van der Waals surface area contributed by atoms with Crippen molar-refractivity contribution in [1.82, 2.24) is 0 Å². The number of halogens is 1. The molecule has 0 bridgehead atoms. The van der Waals surface area contributed by atoms with Crippen molar-refractivity contribution in [3.05, 3.63) is 94.4 Å². The first-order chi connectivity index (χ1) is 14.0. The number of furan rings is 1. The Morgan fingerprint density at radius 1 is 0.862 bits per heavy atom. The molecule has 4 rings (SSSR count). The second-order valence-electron chi connectivity index (χ2n) is 6.56. The van der Waals surface area contributed by atoms with Gasteiger partial charge in [0, 0.05) is 21.4 Å². The summed E-state index contributed by atoms with van der Waals surface area (Å²) in [6, 6.07) is 20.0.